The van der Waals surface area contributed by atoms with Crippen LogP contribution in [0.15, 0.2) is 24.3 Å². The first-order chi connectivity index (χ1) is 12.5. The Morgan fingerprint density at radius 3 is 2.62 bits per heavy atom. The van der Waals surface area contributed by atoms with E-state index in [1.807, 2.05) is 24.6 Å². The molecule has 0 saturated carbocycles. The van der Waals surface area contributed by atoms with Crippen LogP contribution in [0.3, 0.4) is 0 Å². The van der Waals surface area contributed by atoms with Crippen LogP contribution in [-0.2, 0) is 13.1 Å². The predicted molar refractivity (Wildman–Crippen MR) is 102 cm³/mol. The molecule has 1 aliphatic heterocycles. The van der Waals surface area contributed by atoms with Gasteiger partial charge in [-0.2, -0.15) is 10.1 Å². The Labute approximate surface area is 153 Å². The van der Waals surface area contributed by atoms with E-state index in [-0.39, 0.29) is 0 Å². The van der Waals surface area contributed by atoms with Gasteiger partial charge in [0, 0.05) is 24.0 Å². The average molecular weight is 349 g/mol. The fourth-order valence-corrected chi connectivity index (χ4v) is 3.28. The Bertz CT molecular complexity index is 961. The van der Waals surface area contributed by atoms with Gasteiger partial charge in [-0.1, -0.05) is 17.7 Å². The van der Waals surface area contributed by atoms with Crippen molar-refractivity contribution in [3.8, 4) is 0 Å². The maximum Gasteiger partial charge on any atom is 0.228 e. The molecule has 0 bridgehead atoms. The minimum Gasteiger partial charge on any atom is -0.340 e. The molecule has 0 spiro atoms. The Hall–Kier alpha value is -2.96. The van der Waals surface area contributed by atoms with Gasteiger partial charge in [0.1, 0.15) is 17.5 Å². The quantitative estimate of drug-likeness (QED) is 0.783. The molecule has 0 amide bonds. The molecule has 1 N–H and O–H groups in total. The van der Waals surface area contributed by atoms with Gasteiger partial charge in [-0.25, -0.2) is 14.6 Å². The lowest BCUT2D eigenvalue weighted by atomic mass is 10.1. The molecular formula is C19H23N7. The molecule has 0 atom stereocenters. The van der Waals surface area contributed by atoms with Crippen LogP contribution >= 0.6 is 0 Å². The fraction of sp³-hybridized carbons (Fsp3) is 0.368. The van der Waals surface area contributed by atoms with Crippen molar-refractivity contribution >= 4 is 17.5 Å². The topological polar surface area (TPSA) is 71.8 Å². The van der Waals surface area contributed by atoms with Gasteiger partial charge in [0.2, 0.25) is 5.95 Å². The van der Waals surface area contributed by atoms with Crippen LogP contribution in [-0.4, -0.2) is 31.3 Å². The van der Waals surface area contributed by atoms with Crippen molar-refractivity contribution in [2.24, 2.45) is 0 Å². The maximum absolute atomic E-state index is 4.74. The zero-order chi connectivity index (χ0) is 18.3. The van der Waals surface area contributed by atoms with Crippen molar-refractivity contribution in [3.05, 3.63) is 52.7 Å². The molecule has 2 aromatic heterocycles. The van der Waals surface area contributed by atoms with Crippen molar-refractivity contribution in [1.82, 2.24) is 24.7 Å². The molecule has 7 heteroatoms. The van der Waals surface area contributed by atoms with E-state index < -0.39 is 0 Å². The van der Waals surface area contributed by atoms with Crippen molar-refractivity contribution in [2.45, 2.75) is 40.8 Å². The number of aromatic nitrogens is 5. The molecular weight excluding hydrogens is 326 g/mol. The highest BCUT2D eigenvalue weighted by atomic mass is 15.4. The van der Waals surface area contributed by atoms with Gasteiger partial charge in [-0.3, -0.25) is 0 Å². The lowest BCUT2D eigenvalue weighted by molar-refractivity contribution is 0.505. The number of rotatable bonds is 3. The second-order valence-corrected chi connectivity index (χ2v) is 6.86. The molecule has 0 fully saturated rings. The van der Waals surface area contributed by atoms with E-state index in [0.717, 1.165) is 47.9 Å². The summed E-state index contributed by atoms with van der Waals surface area (Å²) >= 11 is 0. The SMILES string of the molecule is Cc1ccc(Nc2cc(C)nc(N3CCn4nc(C)nc4C3)n2)c(C)c1. The first-order valence-corrected chi connectivity index (χ1v) is 8.83. The number of benzene rings is 1. The Kier molecular flexibility index (Phi) is 4.06. The van der Waals surface area contributed by atoms with Gasteiger partial charge in [0.05, 0.1) is 13.1 Å². The summed E-state index contributed by atoms with van der Waals surface area (Å²) in [5.41, 5.74) is 4.45. The normalized spacial score (nSPS) is 13.6. The summed E-state index contributed by atoms with van der Waals surface area (Å²) in [4.78, 5) is 16.0. The lowest BCUT2D eigenvalue weighted by Crippen LogP contribution is -2.35. The first-order valence-electron chi connectivity index (χ1n) is 8.83. The Balaban J connectivity index is 1.60. The third-order valence-electron chi connectivity index (χ3n) is 4.54. The molecule has 0 saturated heterocycles. The van der Waals surface area contributed by atoms with Crippen LogP contribution in [0.4, 0.5) is 17.5 Å². The van der Waals surface area contributed by atoms with Crippen LogP contribution in [0.1, 0.15) is 28.5 Å². The van der Waals surface area contributed by atoms with E-state index in [1.54, 1.807) is 0 Å². The second kappa shape index (κ2) is 6.40. The van der Waals surface area contributed by atoms with E-state index in [1.165, 1.54) is 11.1 Å². The van der Waals surface area contributed by atoms with E-state index in [4.69, 9.17) is 4.98 Å². The average Bonchev–Trinajstić information content (AvgIpc) is 2.96. The molecule has 134 valence electrons. The summed E-state index contributed by atoms with van der Waals surface area (Å²) in [6, 6.07) is 8.33. The third kappa shape index (κ3) is 3.24. The van der Waals surface area contributed by atoms with E-state index in [9.17, 15) is 0 Å². The van der Waals surface area contributed by atoms with Gasteiger partial charge in [-0.15, -0.1) is 0 Å². The minimum atomic E-state index is 0.674. The maximum atomic E-state index is 4.74. The summed E-state index contributed by atoms with van der Waals surface area (Å²) in [5, 5.41) is 7.84. The van der Waals surface area contributed by atoms with Gasteiger partial charge in [0.15, 0.2) is 0 Å². The molecule has 3 heterocycles. The number of anilines is 3. The summed E-state index contributed by atoms with van der Waals surface area (Å²) in [7, 11) is 0. The number of aryl methyl sites for hydroxylation is 4. The summed E-state index contributed by atoms with van der Waals surface area (Å²) < 4.78 is 1.97. The molecule has 26 heavy (non-hydrogen) atoms. The molecule has 0 unspecified atom stereocenters. The summed E-state index contributed by atoms with van der Waals surface area (Å²) in [5.74, 6) is 3.30. The zero-order valence-electron chi connectivity index (χ0n) is 15.6. The van der Waals surface area contributed by atoms with Gasteiger partial charge < -0.3 is 10.2 Å². The second-order valence-electron chi connectivity index (χ2n) is 6.86. The molecule has 7 nitrogen and oxygen atoms in total. The smallest absolute Gasteiger partial charge is 0.228 e. The van der Waals surface area contributed by atoms with Crippen LogP contribution < -0.4 is 10.2 Å². The number of nitrogens with zero attached hydrogens (tertiary/aromatic N) is 6. The van der Waals surface area contributed by atoms with E-state index >= 15 is 0 Å². The predicted octanol–water partition coefficient (Wildman–Crippen LogP) is 3.07. The number of fused-ring (bicyclic) bond motifs is 1. The summed E-state index contributed by atoms with van der Waals surface area (Å²) in [6.07, 6.45) is 0. The van der Waals surface area contributed by atoms with Gasteiger partial charge in [-0.05, 0) is 39.3 Å². The van der Waals surface area contributed by atoms with Crippen LogP contribution in [0.25, 0.3) is 0 Å². The van der Waals surface area contributed by atoms with Crippen LogP contribution in [0, 0.1) is 27.7 Å². The van der Waals surface area contributed by atoms with Crippen molar-refractivity contribution in [2.75, 3.05) is 16.8 Å². The standard InChI is InChI=1S/C19H23N7/c1-12-5-6-16(13(2)9-12)22-17-10-14(3)20-19(23-17)25-7-8-26-18(11-25)21-15(4)24-26/h5-6,9-10H,7-8,11H2,1-4H3,(H,20,22,23). The minimum absolute atomic E-state index is 0.674. The van der Waals surface area contributed by atoms with Crippen LogP contribution in [0.5, 0.6) is 0 Å². The highest BCUT2D eigenvalue weighted by Crippen LogP contribution is 2.23. The molecule has 3 aromatic rings. The highest BCUT2D eigenvalue weighted by Gasteiger charge is 2.21. The molecule has 4 rings (SSSR count). The monoisotopic (exact) mass is 349 g/mol. The number of nitrogens with one attached hydrogen (secondary N) is 1. The zero-order valence-corrected chi connectivity index (χ0v) is 15.6. The number of hydrogen-bond acceptors (Lipinski definition) is 6. The molecule has 0 aliphatic carbocycles. The Morgan fingerprint density at radius 1 is 0.962 bits per heavy atom. The first kappa shape index (κ1) is 16.5. The molecule has 1 aromatic carbocycles. The highest BCUT2D eigenvalue weighted by molar-refractivity contribution is 5.62. The van der Waals surface area contributed by atoms with Crippen molar-refractivity contribution in [3.63, 3.8) is 0 Å². The summed E-state index contributed by atoms with van der Waals surface area (Å²) in [6.45, 7) is 10.4. The van der Waals surface area contributed by atoms with E-state index in [0.29, 0.717) is 6.54 Å². The largest absolute Gasteiger partial charge is 0.340 e. The Morgan fingerprint density at radius 2 is 1.81 bits per heavy atom. The van der Waals surface area contributed by atoms with Gasteiger partial charge in [0.25, 0.3) is 0 Å². The van der Waals surface area contributed by atoms with E-state index in [2.05, 4.69) is 57.3 Å². The van der Waals surface area contributed by atoms with Crippen LogP contribution in [0.2, 0.25) is 0 Å². The molecule has 0 radical (unpaired) electrons. The molecule has 1 aliphatic rings. The van der Waals surface area contributed by atoms with Crippen molar-refractivity contribution in [1.29, 1.82) is 0 Å². The third-order valence-corrected chi connectivity index (χ3v) is 4.54. The van der Waals surface area contributed by atoms with Gasteiger partial charge >= 0.3 is 0 Å². The fourth-order valence-electron chi connectivity index (χ4n) is 3.28. The lowest BCUT2D eigenvalue weighted by Gasteiger charge is -2.27. The van der Waals surface area contributed by atoms with Crippen molar-refractivity contribution < 1.29 is 0 Å². The number of hydrogen-bond donors (Lipinski definition) is 1.